The van der Waals surface area contributed by atoms with Gasteiger partial charge < -0.3 is 5.11 Å². The zero-order valence-electron chi connectivity index (χ0n) is 9.98. The van der Waals surface area contributed by atoms with E-state index in [4.69, 9.17) is 5.11 Å². The van der Waals surface area contributed by atoms with Crippen LogP contribution in [0.25, 0.3) is 16.6 Å². The number of fused-ring (bicyclic) bond motifs is 3. The topological polar surface area (TPSA) is 67.5 Å². The third kappa shape index (κ3) is 2.39. The van der Waals surface area contributed by atoms with Gasteiger partial charge in [-0.3, -0.25) is 4.79 Å². The molecule has 0 spiro atoms. The summed E-state index contributed by atoms with van der Waals surface area (Å²) >= 11 is 1.54. The molecule has 2 heterocycles. The molecule has 0 radical (unpaired) electrons. The Morgan fingerprint density at radius 3 is 3.05 bits per heavy atom. The number of rotatable bonds is 4. The van der Waals surface area contributed by atoms with Crippen LogP contribution in [-0.2, 0) is 4.79 Å². The predicted molar refractivity (Wildman–Crippen MR) is 73.5 cm³/mol. The third-order valence-electron chi connectivity index (χ3n) is 2.80. The van der Waals surface area contributed by atoms with Crippen LogP contribution in [0.3, 0.4) is 0 Å². The van der Waals surface area contributed by atoms with Crippen LogP contribution < -0.4 is 0 Å². The first kappa shape index (κ1) is 12.0. The van der Waals surface area contributed by atoms with Crippen molar-refractivity contribution in [3.8, 4) is 0 Å². The Morgan fingerprint density at radius 1 is 1.32 bits per heavy atom. The van der Waals surface area contributed by atoms with Crippen molar-refractivity contribution in [2.45, 2.75) is 11.3 Å². The van der Waals surface area contributed by atoms with E-state index >= 15 is 0 Å². The number of aliphatic carboxylic acids is 1. The number of thioether (sulfide) groups is 1. The average molecular weight is 273 g/mol. The standard InChI is InChI=1S/C13H11N3O2S/c17-13(18)5-6-19-10-2-3-11-9(7-10)1-4-12-14-8-15-16(11)12/h1-4,7-8H,5-6H2,(H,17,18). The Morgan fingerprint density at radius 2 is 2.21 bits per heavy atom. The maximum Gasteiger partial charge on any atom is 0.304 e. The fraction of sp³-hybridized carbons (Fsp3) is 0.154. The van der Waals surface area contributed by atoms with Crippen LogP contribution in [0.4, 0.5) is 0 Å². The smallest absolute Gasteiger partial charge is 0.304 e. The van der Waals surface area contributed by atoms with Gasteiger partial charge >= 0.3 is 5.97 Å². The van der Waals surface area contributed by atoms with E-state index < -0.39 is 5.97 Å². The fourth-order valence-electron chi connectivity index (χ4n) is 1.92. The number of aromatic nitrogens is 3. The number of nitrogens with zero attached hydrogens (tertiary/aromatic N) is 3. The molecule has 0 amide bonds. The van der Waals surface area contributed by atoms with Gasteiger partial charge in [-0.25, -0.2) is 9.50 Å². The molecule has 0 saturated carbocycles. The first-order chi connectivity index (χ1) is 9.24. The zero-order chi connectivity index (χ0) is 13.2. The van der Waals surface area contributed by atoms with Crippen molar-refractivity contribution in [2.75, 3.05) is 5.75 Å². The highest BCUT2D eigenvalue weighted by Crippen LogP contribution is 2.24. The molecule has 0 unspecified atom stereocenters. The summed E-state index contributed by atoms with van der Waals surface area (Å²) in [5.74, 6) is -0.190. The number of hydrogen-bond acceptors (Lipinski definition) is 4. The van der Waals surface area contributed by atoms with Crippen molar-refractivity contribution in [3.63, 3.8) is 0 Å². The molecule has 0 aliphatic heterocycles. The molecule has 0 saturated heterocycles. The molecule has 1 aromatic carbocycles. The predicted octanol–water partition coefficient (Wildman–Crippen LogP) is 2.45. The molecule has 6 heteroatoms. The van der Waals surface area contributed by atoms with Crippen LogP contribution in [0, 0.1) is 0 Å². The normalized spacial score (nSPS) is 11.2. The summed E-state index contributed by atoms with van der Waals surface area (Å²) in [6, 6.07) is 9.93. The molecule has 19 heavy (non-hydrogen) atoms. The van der Waals surface area contributed by atoms with Crippen molar-refractivity contribution in [1.82, 2.24) is 14.6 Å². The van der Waals surface area contributed by atoms with Gasteiger partial charge in [-0.15, -0.1) is 11.8 Å². The lowest BCUT2D eigenvalue weighted by Crippen LogP contribution is -1.95. The van der Waals surface area contributed by atoms with Crippen LogP contribution in [0.5, 0.6) is 0 Å². The minimum absolute atomic E-state index is 0.171. The maximum atomic E-state index is 10.5. The molecule has 3 aromatic rings. The molecule has 3 rings (SSSR count). The molecular formula is C13H11N3O2S. The molecule has 96 valence electrons. The highest BCUT2D eigenvalue weighted by molar-refractivity contribution is 7.99. The third-order valence-corrected chi connectivity index (χ3v) is 3.79. The van der Waals surface area contributed by atoms with Crippen LogP contribution in [0.1, 0.15) is 6.42 Å². The van der Waals surface area contributed by atoms with Crippen molar-refractivity contribution in [3.05, 3.63) is 36.7 Å². The second kappa shape index (κ2) is 4.89. The number of hydrogen-bond donors (Lipinski definition) is 1. The number of benzene rings is 1. The largest absolute Gasteiger partial charge is 0.481 e. The summed E-state index contributed by atoms with van der Waals surface area (Å²) < 4.78 is 1.79. The van der Waals surface area contributed by atoms with E-state index in [0.717, 1.165) is 21.4 Å². The SMILES string of the molecule is O=C(O)CCSc1ccc2c(ccc3ncnn32)c1. The van der Waals surface area contributed by atoms with Crippen molar-refractivity contribution in [1.29, 1.82) is 0 Å². The summed E-state index contributed by atoms with van der Waals surface area (Å²) in [6.45, 7) is 0. The van der Waals surface area contributed by atoms with Crippen LogP contribution in [0.2, 0.25) is 0 Å². The molecule has 5 nitrogen and oxygen atoms in total. The van der Waals surface area contributed by atoms with Gasteiger partial charge in [-0.2, -0.15) is 5.10 Å². The summed E-state index contributed by atoms with van der Waals surface area (Å²) in [6.07, 6.45) is 1.70. The molecule has 0 atom stereocenters. The Hall–Kier alpha value is -2.08. The molecule has 0 fully saturated rings. The molecule has 0 aliphatic rings. The zero-order valence-corrected chi connectivity index (χ0v) is 10.8. The number of pyridine rings is 1. The molecule has 0 bridgehead atoms. The van der Waals surface area contributed by atoms with Crippen LogP contribution in [0.15, 0.2) is 41.6 Å². The summed E-state index contributed by atoms with van der Waals surface area (Å²) in [5.41, 5.74) is 1.82. The molecule has 2 aromatic heterocycles. The van der Waals surface area contributed by atoms with Gasteiger partial charge in [0.15, 0.2) is 5.65 Å². The van der Waals surface area contributed by atoms with E-state index in [1.807, 2.05) is 30.3 Å². The molecule has 1 N–H and O–H groups in total. The van der Waals surface area contributed by atoms with Gasteiger partial charge in [0.25, 0.3) is 0 Å². The molecular weight excluding hydrogens is 262 g/mol. The molecule has 0 aliphatic carbocycles. The second-order valence-electron chi connectivity index (χ2n) is 4.08. The lowest BCUT2D eigenvalue weighted by atomic mass is 10.2. The minimum atomic E-state index is -0.766. The fourth-order valence-corrected chi connectivity index (χ4v) is 2.81. The highest BCUT2D eigenvalue weighted by Gasteiger charge is 2.04. The Bertz CT molecular complexity index is 754. The van der Waals surface area contributed by atoms with Gasteiger partial charge in [0.05, 0.1) is 11.9 Å². The van der Waals surface area contributed by atoms with Gasteiger partial charge in [-0.05, 0) is 30.3 Å². The Labute approximate surface area is 113 Å². The number of carbonyl (C=O) groups is 1. The van der Waals surface area contributed by atoms with Gasteiger partial charge in [0.1, 0.15) is 6.33 Å². The van der Waals surface area contributed by atoms with E-state index in [0.29, 0.717) is 5.75 Å². The number of carboxylic acids is 1. The summed E-state index contributed by atoms with van der Waals surface area (Å²) in [5, 5.41) is 13.9. The lowest BCUT2D eigenvalue weighted by molar-refractivity contribution is -0.136. The van der Waals surface area contributed by atoms with Gasteiger partial charge in [0, 0.05) is 16.0 Å². The van der Waals surface area contributed by atoms with Gasteiger partial charge in [-0.1, -0.05) is 0 Å². The van der Waals surface area contributed by atoms with Crippen LogP contribution in [-0.4, -0.2) is 31.4 Å². The highest BCUT2D eigenvalue weighted by atomic mass is 32.2. The monoisotopic (exact) mass is 273 g/mol. The summed E-state index contributed by atoms with van der Waals surface area (Å²) in [7, 11) is 0. The van der Waals surface area contributed by atoms with Crippen molar-refractivity contribution < 1.29 is 9.90 Å². The first-order valence-corrected chi connectivity index (χ1v) is 6.80. The van der Waals surface area contributed by atoms with Crippen molar-refractivity contribution >= 4 is 34.3 Å². The average Bonchev–Trinajstić information content (AvgIpc) is 2.86. The quantitative estimate of drug-likeness (QED) is 0.739. The second-order valence-corrected chi connectivity index (χ2v) is 5.24. The first-order valence-electron chi connectivity index (χ1n) is 5.81. The van der Waals surface area contributed by atoms with E-state index in [9.17, 15) is 4.79 Å². The maximum absolute atomic E-state index is 10.5. The van der Waals surface area contributed by atoms with E-state index in [1.54, 1.807) is 16.3 Å². The van der Waals surface area contributed by atoms with E-state index in [-0.39, 0.29) is 6.42 Å². The summed E-state index contributed by atoms with van der Waals surface area (Å²) in [4.78, 5) is 15.7. The van der Waals surface area contributed by atoms with Gasteiger partial charge in [0.2, 0.25) is 0 Å². The Kier molecular flexibility index (Phi) is 3.08. The van der Waals surface area contributed by atoms with E-state index in [1.165, 1.54) is 6.33 Å². The van der Waals surface area contributed by atoms with E-state index in [2.05, 4.69) is 10.1 Å². The van der Waals surface area contributed by atoms with Crippen molar-refractivity contribution in [2.24, 2.45) is 0 Å². The number of carboxylic acid groups (broad SMARTS) is 1. The minimum Gasteiger partial charge on any atom is -0.481 e. The van der Waals surface area contributed by atoms with Crippen LogP contribution >= 0.6 is 11.8 Å². The lowest BCUT2D eigenvalue weighted by Gasteiger charge is -2.04. The Balaban J connectivity index is 1.92.